The molecule has 1 aliphatic carbocycles. The summed E-state index contributed by atoms with van der Waals surface area (Å²) in [7, 11) is 0. The molecule has 0 N–H and O–H groups in total. The predicted molar refractivity (Wildman–Crippen MR) is 112 cm³/mol. The molecular weight excluding hydrogens is 336 g/mol. The summed E-state index contributed by atoms with van der Waals surface area (Å²) in [5.74, 6) is 0.0920. The Morgan fingerprint density at radius 3 is 2.70 bits per heavy atom. The molecule has 1 rings (SSSR count). The van der Waals surface area contributed by atoms with E-state index in [0.29, 0.717) is 6.61 Å². The summed E-state index contributed by atoms with van der Waals surface area (Å²) in [6, 6.07) is 0. The van der Waals surface area contributed by atoms with Crippen LogP contribution in [0.3, 0.4) is 0 Å². The summed E-state index contributed by atoms with van der Waals surface area (Å²) >= 11 is 0. The number of unbranched alkanes of at least 4 members (excludes halogenated alkanes) is 3. The number of hydrogen-bond donors (Lipinski definition) is 0. The number of allylic oxidation sites excluding steroid dienone is 8. The standard InChI is InChI=1S/C24H36O3/c1-5-6-17-24(3,4)18-12-14-22-21(15-16-23(22)26)13-10-8-7-9-11-19-27-20(2)25/h8,10,12,14-16,18,21H,5-7,9,11,13,17,19H2,1-4H3/b10-8-,18-12?,22-14?/t21-/m0/s1. The third-order valence-corrected chi connectivity index (χ3v) is 4.79. The van der Waals surface area contributed by atoms with Crippen molar-refractivity contribution in [2.75, 3.05) is 6.61 Å². The molecule has 3 nitrogen and oxygen atoms in total. The smallest absolute Gasteiger partial charge is 0.302 e. The van der Waals surface area contributed by atoms with Gasteiger partial charge in [-0.3, -0.25) is 9.59 Å². The Labute approximate surface area is 165 Å². The van der Waals surface area contributed by atoms with Crippen molar-refractivity contribution in [3.8, 4) is 0 Å². The average molecular weight is 373 g/mol. The van der Waals surface area contributed by atoms with Gasteiger partial charge in [0.15, 0.2) is 5.78 Å². The molecule has 150 valence electrons. The van der Waals surface area contributed by atoms with E-state index in [-0.39, 0.29) is 23.1 Å². The third kappa shape index (κ3) is 10.1. The average Bonchev–Trinajstić information content (AvgIpc) is 2.95. The second kappa shape index (κ2) is 12.5. The molecule has 1 aliphatic rings. The minimum atomic E-state index is -0.217. The van der Waals surface area contributed by atoms with Gasteiger partial charge in [-0.15, -0.1) is 0 Å². The fraction of sp³-hybridized carbons (Fsp3) is 0.583. The highest BCUT2D eigenvalue weighted by molar-refractivity contribution is 6.07. The van der Waals surface area contributed by atoms with Crippen molar-refractivity contribution in [2.45, 2.75) is 72.6 Å². The van der Waals surface area contributed by atoms with Crippen molar-refractivity contribution in [3.63, 3.8) is 0 Å². The van der Waals surface area contributed by atoms with Crippen molar-refractivity contribution < 1.29 is 14.3 Å². The molecule has 0 aromatic heterocycles. The van der Waals surface area contributed by atoms with Crippen LogP contribution in [0.25, 0.3) is 0 Å². The van der Waals surface area contributed by atoms with E-state index >= 15 is 0 Å². The highest BCUT2D eigenvalue weighted by Crippen LogP contribution is 2.27. The molecular formula is C24H36O3. The Morgan fingerprint density at radius 2 is 2.00 bits per heavy atom. The summed E-state index contributed by atoms with van der Waals surface area (Å²) in [6.07, 6.45) is 21.6. The zero-order chi connectivity index (χ0) is 20.1. The molecule has 0 saturated heterocycles. The van der Waals surface area contributed by atoms with Crippen LogP contribution in [0.5, 0.6) is 0 Å². The minimum absolute atomic E-state index is 0.130. The SMILES string of the molecule is CCCCC(C)(C)C=CC=C1C(=O)C=C[C@@H]1C/C=C\CCCCOC(C)=O. The Morgan fingerprint density at radius 1 is 1.22 bits per heavy atom. The number of ether oxygens (including phenoxy) is 1. The van der Waals surface area contributed by atoms with Gasteiger partial charge in [-0.05, 0) is 43.6 Å². The first-order chi connectivity index (χ1) is 12.9. The van der Waals surface area contributed by atoms with Gasteiger partial charge in [0.1, 0.15) is 0 Å². The minimum Gasteiger partial charge on any atom is -0.466 e. The van der Waals surface area contributed by atoms with Crippen molar-refractivity contribution in [1.29, 1.82) is 0 Å². The fourth-order valence-electron chi connectivity index (χ4n) is 3.07. The number of hydrogen-bond acceptors (Lipinski definition) is 3. The molecule has 0 spiro atoms. The zero-order valence-corrected chi connectivity index (χ0v) is 17.5. The summed E-state index contributed by atoms with van der Waals surface area (Å²) in [4.78, 5) is 22.8. The summed E-state index contributed by atoms with van der Waals surface area (Å²) in [5.41, 5.74) is 1.06. The molecule has 3 heteroatoms. The van der Waals surface area contributed by atoms with Gasteiger partial charge in [0, 0.05) is 18.4 Å². The molecule has 0 amide bonds. The summed E-state index contributed by atoms with van der Waals surface area (Å²) < 4.78 is 4.91. The second-order valence-electron chi connectivity index (χ2n) is 7.95. The maximum atomic E-state index is 12.1. The quantitative estimate of drug-likeness (QED) is 0.179. The number of carbonyl (C=O) groups excluding carboxylic acids is 2. The molecule has 1 atom stereocenters. The molecule has 0 fully saturated rings. The van der Waals surface area contributed by atoms with Gasteiger partial charge in [-0.1, -0.05) is 70.1 Å². The molecule has 27 heavy (non-hydrogen) atoms. The van der Waals surface area contributed by atoms with E-state index in [4.69, 9.17) is 4.74 Å². The van der Waals surface area contributed by atoms with Crippen LogP contribution in [-0.4, -0.2) is 18.4 Å². The van der Waals surface area contributed by atoms with Crippen LogP contribution in [0.1, 0.15) is 72.6 Å². The van der Waals surface area contributed by atoms with Gasteiger partial charge < -0.3 is 4.74 Å². The van der Waals surface area contributed by atoms with Crippen LogP contribution in [0, 0.1) is 11.3 Å². The number of carbonyl (C=O) groups is 2. The summed E-state index contributed by atoms with van der Waals surface area (Å²) in [6.45, 7) is 8.63. The molecule has 0 radical (unpaired) electrons. The van der Waals surface area contributed by atoms with E-state index in [9.17, 15) is 9.59 Å². The van der Waals surface area contributed by atoms with Crippen LogP contribution in [0.15, 0.2) is 48.1 Å². The normalized spacial score (nSPS) is 19.0. The maximum Gasteiger partial charge on any atom is 0.302 e. The van der Waals surface area contributed by atoms with E-state index in [1.54, 1.807) is 6.08 Å². The van der Waals surface area contributed by atoms with Crippen LogP contribution in [0.2, 0.25) is 0 Å². The molecule has 0 aromatic rings. The van der Waals surface area contributed by atoms with E-state index in [1.807, 2.05) is 12.2 Å². The number of esters is 1. The molecule has 0 aliphatic heterocycles. The highest BCUT2D eigenvalue weighted by atomic mass is 16.5. The molecule has 0 saturated carbocycles. The van der Waals surface area contributed by atoms with E-state index < -0.39 is 0 Å². The molecule has 0 aromatic carbocycles. The van der Waals surface area contributed by atoms with Crippen molar-refractivity contribution >= 4 is 11.8 Å². The molecule has 0 unspecified atom stereocenters. The van der Waals surface area contributed by atoms with E-state index in [0.717, 1.165) is 31.3 Å². The summed E-state index contributed by atoms with van der Waals surface area (Å²) in [5, 5.41) is 0. The first kappa shape index (κ1) is 23.1. The second-order valence-corrected chi connectivity index (χ2v) is 7.95. The molecule has 0 bridgehead atoms. The van der Waals surface area contributed by atoms with Crippen molar-refractivity contribution in [2.24, 2.45) is 11.3 Å². The van der Waals surface area contributed by atoms with E-state index in [1.165, 1.54) is 26.2 Å². The van der Waals surface area contributed by atoms with Crippen molar-refractivity contribution in [1.82, 2.24) is 0 Å². The van der Waals surface area contributed by atoms with Gasteiger partial charge in [-0.25, -0.2) is 0 Å². The van der Waals surface area contributed by atoms with Crippen LogP contribution in [-0.2, 0) is 14.3 Å². The van der Waals surface area contributed by atoms with E-state index in [2.05, 4.69) is 45.1 Å². The Kier molecular flexibility index (Phi) is 10.7. The Hall–Kier alpha value is -1.90. The number of rotatable bonds is 12. The zero-order valence-electron chi connectivity index (χ0n) is 17.5. The first-order valence-corrected chi connectivity index (χ1v) is 10.3. The number of ketones is 1. The first-order valence-electron chi connectivity index (χ1n) is 10.3. The third-order valence-electron chi connectivity index (χ3n) is 4.79. The van der Waals surface area contributed by atoms with Gasteiger partial charge in [0.2, 0.25) is 0 Å². The van der Waals surface area contributed by atoms with Crippen molar-refractivity contribution in [3.05, 3.63) is 48.1 Å². The van der Waals surface area contributed by atoms with Gasteiger partial charge in [-0.2, -0.15) is 0 Å². The van der Waals surface area contributed by atoms with Crippen LogP contribution >= 0.6 is 0 Å². The lowest BCUT2D eigenvalue weighted by Crippen LogP contribution is -2.06. The van der Waals surface area contributed by atoms with Gasteiger partial charge in [0.25, 0.3) is 0 Å². The Balaban J connectivity index is 2.43. The maximum absolute atomic E-state index is 12.1. The highest BCUT2D eigenvalue weighted by Gasteiger charge is 2.21. The van der Waals surface area contributed by atoms with Gasteiger partial charge >= 0.3 is 5.97 Å². The monoisotopic (exact) mass is 372 g/mol. The van der Waals surface area contributed by atoms with Gasteiger partial charge in [0.05, 0.1) is 6.61 Å². The topological polar surface area (TPSA) is 43.4 Å². The molecule has 0 heterocycles. The van der Waals surface area contributed by atoms with Crippen LogP contribution < -0.4 is 0 Å². The predicted octanol–water partition coefficient (Wildman–Crippen LogP) is 6.12. The fourth-order valence-corrected chi connectivity index (χ4v) is 3.07. The lowest BCUT2D eigenvalue weighted by atomic mass is 9.86. The van der Waals surface area contributed by atoms with Crippen LogP contribution in [0.4, 0.5) is 0 Å². The lowest BCUT2D eigenvalue weighted by molar-refractivity contribution is -0.141. The lowest BCUT2D eigenvalue weighted by Gasteiger charge is -2.19. The Bertz CT molecular complexity index is 591. The largest absolute Gasteiger partial charge is 0.466 e.